The van der Waals surface area contributed by atoms with Crippen molar-refractivity contribution in [2.24, 2.45) is 23.7 Å². The summed E-state index contributed by atoms with van der Waals surface area (Å²) in [6.07, 6.45) is 3.21. The van der Waals surface area contributed by atoms with Crippen molar-refractivity contribution >= 4 is 11.8 Å². The lowest BCUT2D eigenvalue weighted by molar-refractivity contribution is -0.140. The molecule has 16 heavy (non-hydrogen) atoms. The minimum Gasteiger partial charge on any atom is -0.369 e. The predicted molar refractivity (Wildman–Crippen MR) is 54.2 cm³/mol. The molecule has 2 saturated heterocycles. The molecule has 4 nitrogen and oxygen atoms in total. The maximum Gasteiger partial charge on any atom is 0.233 e. The van der Waals surface area contributed by atoms with Crippen LogP contribution < -0.4 is 0 Å². The number of rotatable bonds is 2. The van der Waals surface area contributed by atoms with Crippen molar-refractivity contribution in [3.63, 3.8) is 0 Å². The Morgan fingerprint density at radius 1 is 1.25 bits per heavy atom. The first-order valence-electron chi connectivity index (χ1n) is 5.85. The van der Waals surface area contributed by atoms with E-state index >= 15 is 0 Å². The zero-order valence-electron chi connectivity index (χ0n) is 8.83. The SMILES string of the molecule is C=CCN1C(=O)C2C3CC(C4OC34)C2C1=O. The van der Waals surface area contributed by atoms with E-state index in [1.54, 1.807) is 6.08 Å². The van der Waals surface area contributed by atoms with Crippen molar-refractivity contribution in [3.05, 3.63) is 12.7 Å². The number of fused-ring (bicyclic) bond motifs is 8. The zero-order chi connectivity index (χ0) is 11.0. The number of likely N-dealkylation sites (tertiary alicyclic amines) is 1. The van der Waals surface area contributed by atoms with Gasteiger partial charge in [-0.25, -0.2) is 0 Å². The molecule has 2 amide bonds. The highest BCUT2D eigenvalue weighted by Gasteiger charge is 2.73. The fourth-order valence-electron chi connectivity index (χ4n) is 4.09. The van der Waals surface area contributed by atoms with E-state index in [9.17, 15) is 9.59 Å². The van der Waals surface area contributed by atoms with Crippen molar-refractivity contribution < 1.29 is 14.3 Å². The Balaban J connectivity index is 1.72. The molecular formula is C12H13NO3. The third-order valence-corrected chi connectivity index (χ3v) is 4.67. The predicted octanol–water partition coefficient (Wildman–Crippen LogP) is 0.191. The molecule has 4 aliphatic rings. The molecule has 0 aromatic carbocycles. The fourth-order valence-corrected chi connectivity index (χ4v) is 4.09. The number of amides is 2. The Morgan fingerprint density at radius 3 is 2.31 bits per heavy atom. The van der Waals surface area contributed by atoms with Gasteiger partial charge in [-0.3, -0.25) is 14.5 Å². The van der Waals surface area contributed by atoms with Gasteiger partial charge in [-0.05, 0) is 6.42 Å². The molecule has 0 radical (unpaired) electrons. The highest BCUT2D eigenvalue weighted by atomic mass is 16.6. The van der Waals surface area contributed by atoms with E-state index in [-0.39, 0.29) is 35.9 Å². The Labute approximate surface area is 93.2 Å². The normalized spacial score (nSPS) is 51.9. The minimum atomic E-state index is -0.0822. The van der Waals surface area contributed by atoms with Crippen LogP contribution in [0.2, 0.25) is 0 Å². The molecule has 4 heteroatoms. The van der Waals surface area contributed by atoms with Gasteiger partial charge in [0.2, 0.25) is 11.8 Å². The van der Waals surface area contributed by atoms with Crippen LogP contribution in [0.15, 0.2) is 12.7 Å². The molecule has 2 bridgehead atoms. The van der Waals surface area contributed by atoms with Crippen LogP contribution in [0.3, 0.4) is 0 Å². The van der Waals surface area contributed by atoms with E-state index in [1.165, 1.54) is 4.90 Å². The fraction of sp³-hybridized carbons (Fsp3) is 0.667. The van der Waals surface area contributed by atoms with Crippen LogP contribution in [0, 0.1) is 23.7 Å². The molecular weight excluding hydrogens is 206 g/mol. The molecule has 0 N–H and O–H groups in total. The summed E-state index contributed by atoms with van der Waals surface area (Å²) in [5.74, 6) is 0.479. The standard InChI is InChI=1S/C12H13NO3/c1-2-3-13-11(14)7-5-4-6(8(7)12(13)15)10-9(5)16-10/h2,5-10H,1,3-4H2. The summed E-state index contributed by atoms with van der Waals surface area (Å²) >= 11 is 0. The monoisotopic (exact) mass is 219 g/mol. The first kappa shape index (κ1) is 8.93. The molecule has 6 unspecified atom stereocenters. The molecule has 6 atom stereocenters. The van der Waals surface area contributed by atoms with E-state index in [1.807, 2.05) is 0 Å². The van der Waals surface area contributed by atoms with E-state index < -0.39 is 0 Å². The van der Waals surface area contributed by atoms with Gasteiger partial charge in [-0.2, -0.15) is 0 Å². The summed E-state index contributed by atoms with van der Waals surface area (Å²) in [6.45, 7) is 3.95. The molecule has 0 spiro atoms. The van der Waals surface area contributed by atoms with Crippen molar-refractivity contribution in [2.75, 3.05) is 6.54 Å². The quantitative estimate of drug-likeness (QED) is 0.378. The highest BCUT2D eigenvalue weighted by molar-refractivity contribution is 6.06. The van der Waals surface area contributed by atoms with Gasteiger partial charge in [0, 0.05) is 18.4 Å². The molecule has 4 fully saturated rings. The minimum absolute atomic E-state index is 0.0105. The van der Waals surface area contributed by atoms with Gasteiger partial charge in [0.25, 0.3) is 0 Å². The second-order valence-electron chi connectivity index (χ2n) is 5.26. The van der Waals surface area contributed by atoms with E-state index in [4.69, 9.17) is 4.74 Å². The van der Waals surface area contributed by atoms with Crippen LogP contribution in [0.25, 0.3) is 0 Å². The number of carbonyl (C=O) groups is 2. The average Bonchev–Trinajstić information content (AvgIpc) is 2.81. The lowest BCUT2D eigenvalue weighted by atomic mass is 9.81. The molecule has 2 heterocycles. The first-order valence-corrected chi connectivity index (χ1v) is 5.85. The van der Waals surface area contributed by atoms with Crippen molar-refractivity contribution in [2.45, 2.75) is 18.6 Å². The third kappa shape index (κ3) is 0.786. The number of hydrogen-bond donors (Lipinski definition) is 0. The summed E-state index contributed by atoms with van der Waals surface area (Å²) in [4.78, 5) is 25.7. The van der Waals surface area contributed by atoms with Crippen LogP contribution in [0.5, 0.6) is 0 Å². The number of carbonyl (C=O) groups excluding carboxylic acids is 2. The van der Waals surface area contributed by atoms with Crippen LogP contribution in [-0.2, 0) is 14.3 Å². The van der Waals surface area contributed by atoms with E-state index in [0.717, 1.165) is 6.42 Å². The smallest absolute Gasteiger partial charge is 0.233 e. The summed E-state index contributed by atoms with van der Waals surface area (Å²) in [5.41, 5.74) is 0. The number of hydrogen-bond acceptors (Lipinski definition) is 3. The van der Waals surface area contributed by atoms with Crippen LogP contribution in [-0.4, -0.2) is 35.5 Å². The van der Waals surface area contributed by atoms with Gasteiger partial charge < -0.3 is 4.74 Å². The molecule has 84 valence electrons. The zero-order valence-corrected chi connectivity index (χ0v) is 8.83. The second kappa shape index (κ2) is 2.56. The molecule has 0 aromatic rings. The number of ether oxygens (including phenoxy) is 1. The Bertz CT molecular complexity index is 386. The Hall–Kier alpha value is -1.16. The lowest BCUT2D eigenvalue weighted by Crippen LogP contribution is -2.33. The highest BCUT2D eigenvalue weighted by Crippen LogP contribution is 2.63. The average molecular weight is 219 g/mol. The number of imide groups is 1. The van der Waals surface area contributed by atoms with Gasteiger partial charge in [-0.15, -0.1) is 6.58 Å². The van der Waals surface area contributed by atoms with E-state index in [2.05, 4.69) is 6.58 Å². The van der Waals surface area contributed by atoms with Gasteiger partial charge in [0.15, 0.2) is 0 Å². The molecule has 2 aliphatic heterocycles. The maximum absolute atomic E-state index is 12.1. The van der Waals surface area contributed by atoms with Gasteiger partial charge in [0.05, 0.1) is 24.0 Å². The largest absolute Gasteiger partial charge is 0.369 e. The van der Waals surface area contributed by atoms with Crippen LogP contribution >= 0.6 is 0 Å². The third-order valence-electron chi connectivity index (χ3n) is 4.67. The summed E-state index contributed by atoms with van der Waals surface area (Å²) in [5, 5.41) is 0. The van der Waals surface area contributed by atoms with Crippen molar-refractivity contribution in [1.82, 2.24) is 4.90 Å². The molecule has 2 aliphatic carbocycles. The topological polar surface area (TPSA) is 49.9 Å². The van der Waals surface area contributed by atoms with Gasteiger partial charge >= 0.3 is 0 Å². The van der Waals surface area contributed by atoms with Crippen molar-refractivity contribution in [3.8, 4) is 0 Å². The Morgan fingerprint density at radius 2 is 1.81 bits per heavy atom. The summed E-state index contributed by atoms with van der Waals surface area (Å²) < 4.78 is 5.52. The number of nitrogens with zero attached hydrogens (tertiary/aromatic N) is 1. The molecule has 2 saturated carbocycles. The lowest BCUT2D eigenvalue weighted by Gasteiger charge is -2.15. The maximum atomic E-state index is 12.1. The summed E-state index contributed by atoms with van der Waals surface area (Å²) in [6, 6.07) is 0. The second-order valence-corrected chi connectivity index (χ2v) is 5.26. The molecule has 0 aromatic heterocycles. The van der Waals surface area contributed by atoms with Crippen molar-refractivity contribution in [1.29, 1.82) is 0 Å². The van der Waals surface area contributed by atoms with Gasteiger partial charge in [-0.1, -0.05) is 6.08 Å². The van der Waals surface area contributed by atoms with Crippen LogP contribution in [0.4, 0.5) is 0 Å². The van der Waals surface area contributed by atoms with Crippen LogP contribution in [0.1, 0.15) is 6.42 Å². The molecule has 4 rings (SSSR count). The number of epoxide rings is 1. The Kier molecular flexibility index (Phi) is 1.43. The van der Waals surface area contributed by atoms with E-state index in [0.29, 0.717) is 18.4 Å². The summed E-state index contributed by atoms with van der Waals surface area (Å²) in [7, 11) is 0. The van der Waals surface area contributed by atoms with Gasteiger partial charge in [0.1, 0.15) is 0 Å². The first-order chi connectivity index (χ1) is 7.74.